The summed E-state index contributed by atoms with van der Waals surface area (Å²) in [6, 6.07) is 0. The Balaban J connectivity index is 3.75. The van der Waals surface area contributed by atoms with Crippen molar-refractivity contribution in [3.05, 3.63) is 0 Å². The predicted octanol–water partition coefficient (Wildman–Crippen LogP) is 4.87. The predicted molar refractivity (Wildman–Crippen MR) is 73.2 cm³/mol. The van der Waals surface area contributed by atoms with Crippen molar-refractivity contribution in [2.45, 2.75) is 79.1 Å². The monoisotopic (exact) mass is 242 g/mol. The van der Waals surface area contributed by atoms with E-state index in [-0.39, 0.29) is 11.3 Å². The summed E-state index contributed by atoms with van der Waals surface area (Å²) in [6.45, 7) is 8.56. The van der Waals surface area contributed by atoms with Crippen LogP contribution in [0.3, 0.4) is 0 Å². The molecule has 102 valence electrons. The van der Waals surface area contributed by atoms with Crippen LogP contribution >= 0.6 is 0 Å². The molecule has 0 aliphatic carbocycles. The quantitative estimate of drug-likeness (QED) is 0.585. The first kappa shape index (κ1) is 16.5. The Kier molecular flexibility index (Phi) is 8.28. The molecule has 0 spiro atoms. The van der Waals surface area contributed by atoms with Crippen LogP contribution in [0.5, 0.6) is 0 Å². The number of carbonyl (C=O) groups is 1. The Morgan fingerprint density at radius 1 is 1.06 bits per heavy atom. The summed E-state index contributed by atoms with van der Waals surface area (Å²) in [5.74, 6) is -0.769. The molecule has 0 radical (unpaired) electrons. The smallest absolute Gasteiger partial charge is 0.306 e. The minimum absolute atomic E-state index is 0.116. The van der Waals surface area contributed by atoms with Gasteiger partial charge in [-0.25, -0.2) is 0 Å². The molecule has 0 fully saturated rings. The standard InChI is InChI=1S/C15H30O2/c1-5-6-7-8-9-10-11-13(14(16)17)12-15(2,3)4/h13H,5-12H2,1-4H3,(H,16,17). The van der Waals surface area contributed by atoms with Crippen LogP contribution in [0.2, 0.25) is 0 Å². The van der Waals surface area contributed by atoms with Crippen LogP contribution in [-0.2, 0) is 4.79 Å². The molecule has 0 bridgehead atoms. The SMILES string of the molecule is CCCCCCCCC(CC(C)(C)C)C(=O)O. The molecule has 0 aliphatic heterocycles. The Morgan fingerprint density at radius 2 is 1.59 bits per heavy atom. The Morgan fingerprint density at radius 3 is 2.06 bits per heavy atom. The van der Waals surface area contributed by atoms with E-state index in [9.17, 15) is 9.90 Å². The topological polar surface area (TPSA) is 37.3 Å². The minimum atomic E-state index is -0.617. The molecule has 0 aromatic carbocycles. The van der Waals surface area contributed by atoms with Gasteiger partial charge >= 0.3 is 5.97 Å². The van der Waals surface area contributed by atoms with E-state index in [2.05, 4.69) is 27.7 Å². The molecular weight excluding hydrogens is 212 g/mol. The van der Waals surface area contributed by atoms with E-state index in [0.29, 0.717) is 0 Å². The molecule has 1 unspecified atom stereocenters. The summed E-state index contributed by atoms with van der Waals surface area (Å²) in [5, 5.41) is 9.18. The van der Waals surface area contributed by atoms with Crippen LogP contribution in [0.15, 0.2) is 0 Å². The maximum Gasteiger partial charge on any atom is 0.306 e. The summed E-state index contributed by atoms with van der Waals surface area (Å²) >= 11 is 0. The highest BCUT2D eigenvalue weighted by Crippen LogP contribution is 2.28. The first-order chi connectivity index (χ1) is 7.87. The van der Waals surface area contributed by atoms with Gasteiger partial charge < -0.3 is 5.11 Å². The zero-order valence-electron chi connectivity index (χ0n) is 12.1. The van der Waals surface area contributed by atoms with Gasteiger partial charge in [0.15, 0.2) is 0 Å². The second-order valence-corrected chi connectivity index (χ2v) is 6.36. The lowest BCUT2D eigenvalue weighted by molar-refractivity contribution is -0.143. The molecule has 0 aromatic heterocycles. The van der Waals surface area contributed by atoms with E-state index in [0.717, 1.165) is 19.3 Å². The second-order valence-electron chi connectivity index (χ2n) is 6.36. The van der Waals surface area contributed by atoms with E-state index in [1.807, 2.05) is 0 Å². The van der Waals surface area contributed by atoms with E-state index < -0.39 is 5.97 Å². The summed E-state index contributed by atoms with van der Waals surface area (Å²) in [6.07, 6.45) is 9.02. The van der Waals surface area contributed by atoms with Gasteiger partial charge in [-0.2, -0.15) is 0 Å². The average molecular weight is 242 g/mol. The second kappa shape index (κ2) is 8.54. The fraction of sp³-hybridized carbons (Fsp3) is 0.933. The van der Waals surface area contributed by atoms with Crippen molar-refractivity contribution in [1.29, 1.82) is 0 Å². The molecule has 0 heterocycles. The van der Waals surface area contributed by atoms with E-state index in [1.54, 1.807) is 0 Å². The summed E-state index contributed by atoms with van der Waals surface area (Å²) in [4.78, 5) is 11.1. The third-order valence-corrected chi connectivity index (χ3v) is 3.11. The molecule has 0 aliphatic rings. The highest BCUT2D eigenvalue weighted by atomic mass is 16.4. The number of aliphatic carboxylic acids is 1. The van der Waals surface area contributed by atoms with Gasteiger partial charge in [0.05, 0.1) is 5.92 Å². The van der Waals surface area contributed by atoms with Crippen LogP contribution in [0.4, 0.5) is 0 Å². The lowest BCUT2D eigenvalue weighted by Crippen LogP contribution is -2.20. The first-order valence-electron chi connectivity index (χ1n) is 7.09. The molecule has 0 saturated carbocycles. The Hall–Kier alpha value is -0.530. The Labute approximate surface area is 107 Å². The molecule has 0 amide bonds. The molecule has 1 atom stereocenters. The molecule has 0 aromatic rings. The van der Waals surface area contributed by atoms with Gasteiger partial charge in [0.1, 0.15) is 0 Å². The number of carboxylic acid groups (broad SMARTS) is 1. The van der Waals surface area contributed by atoms with Crippen molar-refractivity contribution < 1.29 is 9.90 Å². The maximum absolute atomic E-state index is 11.1. The van der Waals surface area contributed by atoms with Crippen LogP contribution in [0.25, 0.3) is 0 Å². The van der Waals surface area contributed by atoms with Gasteiger partial charge in [0.25, 0.3) is 0 Å². The third kappa shape index (κ3) is 10.3. The largest absolute Gasteiger partial charge is 0.481 e. The Bertz CT molecular complexity index is 203. The zero-order chi connectivity index (χ0) is 13.3. The lowest BCUT2D eigenvalue weighted by atomic mass is 9.82. The normalized spacial score (nSPS) is 13.6. The van der Waals surface area contributed by atoms with Crippen molar-refractivity contribution in [3.63, 3.8) is 0 Å². The van der Waals surface area contributed by atoms with Gasteiger partial charge in [-0.15, -0.1) is 0 Å². The number of unbranched alkanes of at least 4 members (excludes halogenated alkanes) is 5. The van der Waals surface area contributed by atoms with Crippen molar-refractivity contribution in [3.8, 4) is 0 Å². The van der Waals surface area contributed by atoms with Gasteiger partial charge in [0, 0.05) is 0 Å². The molecule has 2 nitrogen and oxygen atoms in total. The van der Waals surface area contributed by atoms with E-state index in [4.69, 9.17) is 0 Å². The summed E-state index contributed by atoms with van der Waals surface area (Å²) in [7, 11) is 0. The number of carboxylic acids is 1. The highest BCUT2D eigenvalue weighted by molar-refractivity contribution is 5.69. The fourth-order valence-corrected chi connectivity index (χ4v) is 2.22. The summed E-state index contributed by atoms with van der Waals surface area (Å²) in [5.41, 5.74) is 0.116. The number of rotatable bonds is 9. The van der Waals surface area contributed by atoms with Crippen LogP contribution in [0, 0.1) is 11.3 Å². The van der Waals surface area contributed by atoms with Gasteiger partial charge in [-0.3, -0.25) is 4.79 Å². The third-order valence-electron chi connectivity index (χ3n) is 3.11. The average Bonchev–Trinajstić information content (AvgIpc) is 2.19. The lowest BCUT2D eigenvalue weighted by Gasteiger charge is -2.23. The summed E-state index contributed by atoms with van der Waals surface area (Å²) < 4.78 is 0. The zero-order valence-corrected chi connectivity index (χ0v) is 12.1. The molecule has 0 rings (SSSR count). The van der Waals surface area contributed by atoms with Crippen molar-refractivity contribution in [2.24, 2.45) is 11.3 Å². The molecule has 17 heavy (non-hydrogen) atoms. The first-order valence-corrected chi connectivity index (χ1v) is 7.09. The van der Waals surface area contributed by atoms with Crippen molar-refractivity contribution >= 4 is 5.97 Å². The molecule has 2 heteroatoms. The van der Waals surface area contributed by atoms with Crippen molar-refractivity contribution in [1.82, 2.24) is 0 Å². The fourth-order valence-electron chi connectivity index (χ4n) is 2.22. The maximum atomic E-state index is 11.1. The molecule has 0 saturated heterocycles. The van der Waals surface area contributed by atoms with Gasteiger partial charge in [-0.1, -0.05) is 66.2 Å². The van der Waals surface area contributed by atoms with Crippen LogP contribution < -0.4 is 0 Å². The van der Waals surface area contributed by atoms with E-state index in [1.165, 1.54) is 32.1 Å². The van der Waals surface area contributed by atoms with Gasteiger partial charge in [-0.05, 0) is 18.3 Å². The van der Waals surface area contributed by atoms with Crippen LogP contribution in [0.1, 0.15) is 79.1 Å². The number of hydrogen-bond donors (Lipinski definition) is 1. The number of hydrogen-bond acceptors (Lipinski definition) is 1. The highest BCUT2D eigenvalue weighted by Gasteiger charge is 2.23. The minimum Gasteiger partial charge on any atom is -0.481 e. The molecular formula is C15H30O2. The van der Waals surface area contributed by atoms with Crippen molar-refractivity contribution in [2.75, 3.05) is 0 Å². The van der Waals surface area contributed by atoms with E-state index >= 15 is 0 Å². The van der Waals surface area contributed by atoms with Gasteiger partial charge in [0.2, 0.25) is 0 Å². The van der Waals surface area contributed by atoms with Crippen LogP contribution in [-0.4, -0.2) is 11.1 Å². The molecule has 1 N–H and O–H groups in total.